The van der Waals surface area contributed by atoms with Crippen molar-refractivity contribution in [2.45, 2.75) is 37.5 Å². The fourth-order valence-corrected chi connectivity index (χ4v) is 4.91. The fourth-order valence-electron chi connectivity index (χ4n) is 4.91. The highest BCUT2D eigenvalue weighted by molar-refractivity contribution is 5.94. The topological polar surface area (TPSA) is 65.8 Å². The molecule has 5 rings (SSSR count). The molecule has 2 saturated heterocycles. The van der Waals surface area contributed by atoms with E-state index in [-0.39, 0.29) is 23.7 Å². The average molecular weight is 448 g/mol. The van der Waals surface area contributed by atoms with Crippen LogP contribution in [0.4, 0.5) is 4.39 Å². The lowest BCUT2D eigenvalue weighted by atomic mass is 9.95. The van der Waals surface area contributed by atoms with Gasteiger partial charge in [0.15, 0.2) is 0 Å². The van der Waals surface area contributed by atoms with Crippen LogP contribution in [0.1, 0.15) is 34.5 Å². The van der Waals surface area contributed by atoms with Crippen LogP contribution in [0.5, 0.6) is 0 Å². The molecule has 3 aromatic rings. The van der Waals surface area contributed by atoms with Gasteiger partial charge in [0, 0.05) is 31.5 Å². The van der Waals surface area contributed by atoms with Crippen LogP contribution in [-0.2, 0) is 17.8 Å². The van der Waals surface area contributed by atoms with E-state index in [0.29, 0.717) is 44.5 Å². The molecule has 1 N–H and O–H groups in total. The minimum Gasteiger partial charge on any atom is -0.467 e. The van der Waals surface area contributed by atoms with Gasteiger partial charge in [0.2, 0.25) is 5.91 Å². The monoisotopic (exact) mass is 447 g/mol. The maximum absolute atomic E-state index is 13.5. The number of rotatable bonds is 5. The molecule has 1 spiro atoms. The number of benzene rings is 2. The largest absolute Gasteiger partial charge is 0.467 e. The molecule has 33 heavy (non-hydrogen) atoms. The van der Waals surface area contributed by atoms with Crippen LogP contribution in [-0.4, -0.2) is 46.4 Å². The van der Waals surface area contributed by atoms with Crippen molar-refractivity contribution < 1.29 is 18.4 Å². The van der Waals surface area contributed by atoms with Crippen LogP contribution < -0.4 is 5.32 Å². The van der Waals surface area contributed by atoms with E-state index in [4.69, 9.17) is 4.42 Å². The maximum atomic E-state index is 13.5. The number of carbonyl (C=O) groups excluding carboxylic acids is 2. The van der Waals surface area contributed by atoms with Crippen LogP contribution in [0, 0.1) is 5.82 Å². The van der Waals surface area contributed by atoms with Crippen molar-refractivity contribution in [3.8, 4) is 0 Å². The summed E-state index contributed by atoms with van der Waals surface area (Å²) in [6, 6.07) is 19.0. The number of furan rings is 1. The SMILES string of the molecule is O=C(c1ccc(F)cc1)N1CCC2(CC1)NC(Cc1ccccc1)C(=O)N2Cc1ccco1. The van der Waals surface area contributed by atoms with Crippen molar-refractivity contribution in [3.05, 3.63) is 95.7 Å². The molecule has 2 aliphatic rings. The zero-order chi connectivity index (χ0) is 22.8. The van der Waals surface area contributed by atoms with E-state index >= 15 is 0 Å². The highest BCUT2D eigenvalue weighted by Gasteiger charge is 2.51. The molecule has 0 aliphatic carbocycles. The van der Waals surface area contributed by atoms with E-state index < -0.39 is 5.66 Å². The Morgan fingerprint density at radius 2 is 1.76 bits per heavy atom. The van der Waals surface area contributed by atoms with Gasteiger partial charge >= 0.3 is 0 Å². The minimum atomic E-state index is -0.539. The third kappa shape index (κ3) is 4.28. The number of halogens is 1. The van der Waals surface area contributed by atoms with Crippen LogP contribution in [0.15, 0.2) is 77.4 Å². The Bertz CT molecular complexity index is 1110. The van der Waals surface area contributed by atoms with E-state index in [1.54, 1.807) is 11.2 Å². The summed E-state index contributed by atoms with van der Waals surface area (Å²) in [5, 5.41) is 3.62. The Hall–Kier alpha value is -3.45. The lowest BCUT2D eigenvalue weighted by Crippen LogP contribution is -2.59. The second kappa shape index (κ2) is 8.83. The van der Waals surface area contributed by atoms with Crippen LogP contribution in [0.3, 0.4) is 0 Å². The highest BCUT2D eigenvalue weighted by Crippen LogP contribution is 2.35. The number of amides is 2. The van der Waals surface area contributed by atoms with E-state index in [2.05, 4.69) is 5.32 Å². The smallest absolute Gasteiger partial charge is 0.253 e. The van der Waals surface area contributed by atoms with Gasteiger partial charge in [0.05, 0.1) is 24.5 Å². The molecular formula is C26H26FN3O3. The quantitative estimate of drug-likeness (QED) is 0.649. The van der Waals surface area contributed by atoms with E-state index in [1.807, 2.05) is 47.4 Å². The van der Waals surface area contributed by atoms with Gasteiger partial charge in [-0.3, -0.25) is 14.9 Å². The molecule has 2 fully saturated rings. The van der Waals surface area contributed by atoms with Crippen molar-refractivity contribution in [1.82, 2.24) is 15.1 Å². The molecule has 2 amide bonds. The van der Waals surface area contributed by atoms with Crippen LogP contribution in [0.25, 0.3) is 0 Å². The van der Waals surface area contributed by atoms with Gasteiger partial charge in [0.25, 0.3) is 5.91 Å². The Balaban J connectivity index is 1.34. The van der Waals surface area contributed by atoms with Crippen LogP contribution >= 0.6 is 0 Å². The second-order valence-electron chi connectivity index (χ2n) is 8.72. The molecule has 3 heterocycles. The van der Waals surface area contributed by atoms with Crippen molar-refractivity contribution >= 4 is 11.8 Å². The molecule has 0 saturated carbocycles. The number of hydrogen-bond acceptors (Lipinski definition) is 4. The van der Waals surface area contributed by atoms with Gasteiger partial charge in [0.1, 0.15) is 11.6 Å². The lowest BCUT2D eigenvalue weighted by molar-refractivity contribution is -0.134. The normalized spacial score (nSPS) is 19.9. The molecule has 2 aromatic carbocycles. The van der Waals surface area contributed by atoms with E-state index in [1.165, 1.54) is 24.3 Å². The van der Waals surface area contributed by atoms with Gasteiger partial charge in [-0.1, -0.05) is 30.3 Å². The second-order valence-corrected chi connectivity index (χ2v) is 8.72. The maximum Gasteiger partial charge on any atom is 0.253 e. The first kappa shape index (κ1) is 21.4. The average Bonchev–Trinajstić information content (AvgIpc) is 3.44. The van der Waals surface area contributed by atoms with Gasteiger partial charge in [-0.05, 0) is 48.4 Å². The predicted molar refractivity (Wildman–Crippen MR) is 121 cm³/mol. The number of nitrogens with one attached hydrogen (secondary N) is 1. The minimum absolute atomic E-state index is 0.0496. The molecular weight excluding hydrogens is 421 g/mol. The Kier molecular flexibility index (Phi) is 5.72. The van der Waals surface area contributed by atoms with Gasteiger partial charge in [-0.25, -0.2) is 4.39 Å². The number of hydrogen-bond donors (Lipinski definition) is 1. The standard InChI is InChI=1S/C26H26FN3O3/c27-21-10-8-20(9-11-21)24(31)29-14-12-26(13-15-29)28-23(17-19-5-2-1-3-6-19)25(32)30(26)18-22-7-4-16-33-22/h1-11,16,23,28H,12-15,17-18H2. The van der Waals surface area contributed by atoms with Crippen molar-refractivity contribution in [3.63, 3.8) is 0 Å². The summed E-state index contributed by atoms with van der Waals surface area (Å²) in [7, 11) is 0. The lowest BCUT2D eigenvalue weighted by Gasteiger charge is -2.44. The third-order valence-electron chi connectivity index (χ3n) is 6.67. The van der Waals surface area contributed by atoms with Crippen molar-refractivity contribution in [2.75, 3.05) is 13.1 Å². The number of likely N-dealkylation sites (tertiary alicyclic amines) is 1. The highest BCUT2D eigenvalue weighted by atomic mass is 19.1. The third-order valence-corrected chi connectivity index (χ3v) is 6.67. The van der Waals surface area contributed by atoms with Crippen molar-refractivity contribution in [1.29, 1.82) is 0 Å². The van der Waals surface area contributed by atoms with Crippen LogP contribution in [0.2, 0.25) is 0 Å². The molecule has 1 atom stereocenters. The summed E-state index contributed by atoms with van der Waals surface area (Å²) in [4.78, 5) is 30.1. The molecule has 6 nitrogen and oxygen atoms in total. The van der Waals surface area contributed by atoms with Gasteiger partial charge in [-0.2, -0.15) is 0 Å². The zero-order valence-electron chi connectivity index (χ0n) is 18.2. The molecule has 1 unspecified atom stereocenters. The van der Waals surface area contributed by atoms with Crippen molar-refractivity contribution in [2.24, 2.45) is 0 Å². The first-order valence-corrected chi connectivity index (χ1v) is 11.2. The predicted octanol–water partition coefficient (Wildman–Crippen LogP) is 3.59. The molecule has 0 radical (unpaired) electrons. The molecule has 1 aromatic heterocycles. The number of carbonyl (C=O) groups is 2. The summed E-state index contributed by atoms with van der Waals surface area (Å²) in [5.74, 6) is 0.298. The first-order chi connectivity index (χ1) is 16.0. The summed E-state index contributed by atoms with van der Waals surface area (Å²) in [6.45, 7) is 1.39. The summed E-state index contributed by atoms with van der Waals surface area (Å²) in [6.07, 6.45) is 3.44. The number of nitrogens with zero attached hydrogens (tertiary/aromatic N) is 2. The summed E-state index contributed by atoms with van der Waals surface area (Å²) < 4.78 is 18.8. The summed E-state index contributed by atoms with van der Waals surface area (Å²) >= 11 is 0. The van der Waals surface area contributed by atoms with E-state index in [9.17, 15) is 14.0 Å². The summed E-state index contributed by atoms with van der Waals surface area (Å²) in [5.41, 5.74) is 1.03. The fraction of sp³-hybridized carbons (Fsp3) is 0.308. The molecule has 0 bridgehead atoms. The van der Waals surface area contributed by atoms with Gasteiger partial charge in [-0.15, -0.1) is 0 Å². The Labute approximate surface area is 192 Å². The molecule has 2 aliphatic heterocycles. The first-order valence-electron chi connectivity index (χ1n) is 11.2. The molecule has 170 valence electrons. The number of piperidine rings is 1. The molecule has 7 heteroatoms. The Morgan fingerprint density at radius 1 is 1.03 bits per heavy atom. The van der Waals surface area contributed by atoms with Gasteiger partial charge < -0.3 is 14.2 Å². The van der Waals surface area contributed by atoms with E-state index in [0.717, 1.165) is 11.3 Å². The Morgan fingerprint density at radius 3 is 2.42 bits per heavy atom. The zero-order valence-corrected chi connectivity index (χ0v) is 18.2.